The molecule has 3 N–H and O–H groups in total. The third-order valence-electron chi connectivity index (χ3n) is 2.59. The van der Waals surface area contributed by atoms with Gasteiger partial charge in [0.05, 0.1) is 0 Å². The maximum atomic E-state index is 11.1. The molecule has 1 rings (SSSR count). The lowest BCUT2D eigenvalue weighted by Gasteiger charge is -2.17. The summed E-state index contributed by atoms with van der Waals surface area (Å²) in [7, 11) is 0. The minimum Gasteiger partial charge on any atom is -0.508 e. The van der Waals surface area contributed by atoms with Crippen molar-refractivity contribution >= 4 is 21.9 Å². The molecular weight excluding hydrogens is 298 g/mol. The van der Waals surface area contributed by atoms with Crippen LogP contribution in [-0.2, 0) is 11.3 Å². The van der Waals surface area contributed by atoms with Crippen LogP contribution in [0.4, 0.5) is 0 Å². The van der Waals surface area contributed by atoms with Gasteiger partial charge in [-0.1, -0.05) is 29.8 Å². The van der Waals surface area contributed by atoms with Crippen LogP contribution in [0, 0.1) is 5.92 Å². The van der Waals surface area contributed by atoms with E-state index in [9.17, 15) is 9.90 Å². The third-order valence-corrected chi connectivity index (χ3v) is 3.08. The van der Waals surface area contributed by atoms with Gasteiger partial charge < -0.3 is 15.5 Å². The van der Waals surface area contributed by atoms with E-state index in [4.69, 9.17) is 5.11 Å². The molecule has 100 valence electrons. The predicted octanol–water partition coefficient (Wildman–Crippen LogP) is 2.74. The van der Waals surface area contributed by atoms with E-state index in [1.54, 1.807) is 18.2 Å². The number of nitrogens with one attached hydrogen (secondary N) is 1. The van der Waals surface area contributed by atoms with E-state index in [0.717, 1.165) is 4.47 Å². The van der Waals surface area contributed by atoms with Gasteiger partial charge in [-0.25, -0.2) is 0 Å². The molecule has 0 radical (unpaired) electrons. The van der Waals surface area contributed by atoms with Crippen LogP contribution in [0.2, 0.25) is 0 Å². The van der Waals surface area contributed by atoms with Crippen molar-refractivity contribution in [2.24, 2.45) is 5.92 Å². The number of carbonyl (C=O) groups is 1. The Hall–Kier alpha value is -1.07. The lowest BCUT2D eigenvalue weighted by Crippen LogP contribution is -2.37. The van der Waals surface area contributed by atoms with Crippen LogP contribution >= 0.6 is 15.9 Å². The van der Waals surface area contributed by atoms with E-state index in [2.05, 4.69) is 21.2 Å². The first-order valence-electron chi connectivity index (χ1n) is 5.83. The zero-order valence-corrected chi connectivity index (χ0v) is 12.1. The first kappa shape index (κ1) is 15.0. The van der Waals surface area contributed by atoms with Crippen molar-refractivity contribution in [1.29, 1.82) is 0 Å². The number of aromatic hydroxyl groups is 1. The number of hydrogen-bond acceptors (Lipinski definition) is 3. The molecule has 4 nitrogen and oxygen atoms in total. The predicted molar refractivity (Wildman–Crippen MR) is 73.5 cm³/mol. The van der Waals surface area contributed by atoms with Gasteiger partial charge in [0.1, 0.15) is 11.8 Å². The number of hydrogen-bond donors (Lipinski definition) is 3. The molecule has 0 saturated carbocycles. The van der Waals surface area contributed by atoms with E-state index in [0.29, 0.717) is 24.4 Å². The van der Waals surface area contributed by atoms with Gasteiger partial charge in [-0.05, 0) is 30.5 Å². The monoisotopic (exact) mass is 315 g/mol. The van der Waals surface area contributed by atoms with Crippen LogP contribution in [0.5, 0.6) is 5.75 Å². The fraction of sp³-hybridized carbons (Fsp3) is 0.462. The summed E-state index contributed by atoms with van der Waals surface area (Å²) in [4.78, 5) is 11.1. The Labute approximate surface area is 115 Å². The van der Waals surface area contributed by atoms with Crippen LogP contribution in [0.1, 0.15) is 25.8 Å². The quantitative estimate of drug-likeness (QED) is 0.755. The van der Waals surface area contributed by atoms with Crippen LogP contribution in [-0.4, -0.2) is 22.2 Å². The average molecular weight is 316 g/mol. The largest absolute Gasteiger partial charge is 0.508 e. The summed E-state index contributed by atoms with van der Waals surface area (Å²) in [6, 6.07) is 4.50. The molecule has 1 atom stereocenters. The molecule has 0 amide bonds. The SMILES string of the molecule is CC(C)CC(NCc1cc(Br)ccc1O)C(=O)O. The van der Waals surface area contributed by atoms with Gasteiger partial charge in [0.2, 0.25) is 0 Å². The Morgan fingerprint density at radius 3 is 2.67 bits per heavy atom. The fourth-order valence-electron chi connectivity index (χ4n) is 1.67. The van der Waals surface area contributed by atoms with E-state index in [1.165, 1.54) is 0 Å². The average Bonchev–Trinajstić information content (AvgIpc) is 2.27. The first-order chi connectivity index (χ1) is 8.40. The van der Waals surface area contributed by atoms with Crippen molar-refractivity contribution < 1.29 is 15.0 Å². The summed E-state index contributed by atoms with van der Waals surface area (Å²) in [6.07, 6.45) is 0.560. The normalized spacial score (nSPS) is 12.7. The molecule has 0 aliphatic heterocycles. The molecule has 0 fully saturated rings. The lowest BCUT2D eigenvalue weighted by molar-refractivity contribution is -0.140. The Bertz CT molecular complexity index is 421. The van der Waals surface area contributed by atoms with Crippen molar-refractivity contribution in [3.05, 3.63) is 28.2 Å². The maximum absolute atomic E-state index is 11.1. The number of benzene rings is 1. The second kappa shape index (κ2) is 6.75. The Morgan fingerprint density at radius 2 is 2.11 bits per heavy atom. The van der Waals surface area contributed by atoms with E-state index in [-0.39, 0.29) is 5.75 Å². The number of aliphatic carboxylic acids is 1. The third kappa shape index (κ3) is 4.66. The van der Waals surface area contributed by atoms with Crippen molar-refractivity contribution in [2.45, 2.75) is 32.9 Å². The number of carboxylic acids is 1. The molecule has 1 aromatic carbocycles. The Morgan fingerprint density at radius 1 is 1.44 bits per heavy atom. The summed E-state index contributed by atoms with van der Waals surface area (Å²) in [5, 5.41) is 21.7. The highest BCUT2D eigenvalue weighted by molar-refractivity contribution is 9.10. The van der Waals surface area contributed by atoms with Crippen LogP contribution in [0.25, 0.3) is 0 Å². The molecule has 0 heterocycles. The number of rotatable bonds is 6. The van der Waals surface area contributed by atoms with Crippen LogP contribution < -0.4 is 5.32 Å². The van der Waals surface area contributed by atoms with Gasteiger partial charge in [0.15, 0.2) is 0 Å². The minimum atomic E-state index is -0.863. The summed E-state index contributed by atoms with van der Waals surface area (Å²) >= 11 is 3.32. The van der Waals surface area contributed by atoms with E-state index >= 15 is 0 Å². The van der Waals surface area contributed by atoms with Gasteiger partial charge in [0.25, 0.3) is 0 Å². The molecule has 0 aliphatic rings. The number of carboxylic acid groups (broad SMARTS) is 1. The molecule has 0 bridgehead atoms. The second-order valence-corrected chi connectivity index (χ2v) is 5.59. The smallest absolute Gasteiger partial charge is 0.320 e. The van der Waals surface area contributed by atoms with Gasteiger partial charge in [-0.2, -0.15) is 0 Å². The van der Waals surface area contributed by atoms with Crippen molar-refractivity contribution in [3.8, 4) is 5.75 Å². The summed E-state index contributed by atoms with van der Waals surface area (Å²) in [5.41, 5.74) is 0.680. The zero-order valence-electron chi connectivity index (χ0n) is 10.5. The Kier molecular flexibility index (Phi) is 5.62. The summed E-state index contributed by atoms with van der Waals surface area (Å²) in [5.74, 6) is -0.396. The number of halogens is 1. The second-order valence-electron chi connectivity index (χ2n) is 4.67. The van der Waals surface area contributed by atoms with Gasteiger partial charge >= 0.3 is 5.97 Å². The highest BCUT2D eigenvalue weighted by Crippen LogP contribution is 2.21. The molecule has 0 spiro atoms. The molecule has 0 aromatic heterocycles. The van der Waals surface area contributed by atoms with Crippen LogP contribution in [0.15, 0.2) is 22.7 Å². The number of phenolic OH excluding ortho intramolecular Hbond substituents is 1. The fourth-order valence-corrected chi connectivity index (χ4v) is 2.08. The lowest BCUT2D eigenvalue weighted by atomic mass is 10.0. The molecule has 1 unspecified atom stereocenters. The van der Waals surface area contributed by atoms with Crippen molar-refractivity contribution in [1.82, 2.24) is 5.32 Å². The molecule has 0 aliphatic carbocycles. The summed E-state index contributed by atoms with van der Waals surface area (Å²) in [6.45, 7) is 4.29. The number of phenols is 1. The standard InChI is InChI=1S/C13H18BrNO3/c1-8(2)5-11(13(17)18)15-7-9-6-10(14)3-4-12(9)16/h3-4,6,8,11,15-16H,5,7H2,1-2H3,(H,17,18). The Balaban J connectivity index is 2.66. The van der Waals surface area contributed by atoms with E-state index < -0.39 is 12.0 Å². The van der Waals surface area contributed by atoms with E-state index in [1.807, 2.05) is 13.8 Å². The first-order valence-corrected chi connectivity index (χ1v) is 6.63. The topological polar surface area (TPSA) is 69.6 Å². The van der Waals surface area contributed by atoms with Crippen LogP contribution in [0.3, 0.4) is 0 Å². The van der Waals surface area contributed by atoms with Gasteiger partial charge in [-0.3, -0.25) is 4.79 Å². The maximum Gasteiger partial charge on any atom is 0.320 e. The van der Waals surface area contributed by atoms with Crippen molar-refractivity contribution in [2.75, 3.05) is 0 Å². The van der Waals surface area contributed by atoms with Gasteiger partial charge in [0, 0.05) is 16.6 Å². The van der Waals surface area contributed by atoms with Crippen molar-refractivity contribution in [3.63, 3.8) is 0 Å². The van der Waals surface area contributed by atoms with Gasteiger partial charge in [-0.15, -0.1) is 0 Å². The molecule has 0 saturated heterocycles. The highest BCUT2D eigenvalue weighted by Gasteiger charge is 2.18. The molecule has 18 heavy (non-hydrogen) atoms. The zero-order chi connectivity index (χ0) is 13.7. The summed E-state index contributed by atoms with van der Waals surface area (Å²) < 4.78 is 0.854. The highest BCUT2D eigenvalue weighted by atomic mass is 79.9. The molecule has 1 aromatic rings. The molecule has 5 heteroatoms. The molecular formula is C13H18BrNO3. The minimum absolute atomic E-state index is 0.166.